The molecule has 1 N–H and O–H groups in total. The number of aromatic amines is 1. The third kappa shape index (κ3) is 5.16. The highest BCUT2D eigenvalue weighted by Crippen LogP contribution is 2.32. The van der Waals surface area contributed by atoms with Crippen LogP contribution < -0.4 is 4.90 Å². The normalized spacial score (nSPS) is 15.3. The summed E-state index contributed by atoms with van der Waals surface area (Å²) in [4.78, 5) is 21.1. The summed E-state index contributed by atoms with van der Waals surface area (Å²) >= 11 is 0. The van der Waals surface area contributed by atoms with Crippen LogP contribution in [0.4, 0.5) is 18.9 Å². The number of anilines is 1. The Bertz CT molecular complexity index is 1360. The highest BCUT2D eigenvalue weighted by atomic mass is 19.4. The topological polar surface area (TPSA) is 39.3 Å². The van der Waals surface area contributed by atoms with E-state index in [1.54, 1.807) is 4.90 Å². The number of carbonyl (C=O) groups excluding carboxylic acids is 1. The van der Waals surface area contributed by atoms with Crippen LogP contribution in [0.3, 0.4) is 0 Å². The second kappa shape index (κ2) is 9.82. The number of likely N-dealkylation sites (tertiary alicyclic amines) is 1. The van der Waals surface area contributed by atoms with E-state index in [-0.39, 0.29) is 11.6 Å². The van der Waals surface area contributed by atoms with Gasteiger partial charge in [-0.3, -0.25) is 9.69 Å². The van der Waals surface area contributed by atoms with Gasteiger partial charge in [0.15, 0.2) is 0 Å². The van der Waals surface area contributed by atoms with E-state index >= 15 is 0 Å². The fourth-order valence-electron chi connectivity index (χ4n) is 5.05. The zero-order valence-electron chi connectivity index (χ0n) is 20.1. The molecule has 1 saturated heterocycles. The first kappa shape index (κ1) is 24.1. The standard InChI is InChI=1S/C29H28F3N3O/c1-20-16-23-18-26(10-11-27(23)33-20)35(28(36)22-8-5-9-24(17-22)29(30,31)32)25-12-14-34(15-13-25)19-21-6-3-2-4-7-21/h2-11,16-18,25,33H,12-15,19H2,1H3. The molecule has 4 aromatic rings. The van der Waals surface area contributed by atoms with E-state index in [0.717, 1.165) is 61.2 Å². The van der Waals surface area contributed by atoms with Crippen LogP contribution >= 0.6 is 0 Å². The number of rotatable bonds is 5. The van der Waals surface area contributed by atoms with Crippen molar-refractivity contribution in [2.45, 2.75) is 38.5 Å². The Kier molecular flexibility index (Phi) is 6.58. The number of halogens is 3. The van der Waals surface area contributed by atoms with Crippen molar-refractivity contribution in [1.82, 2.24) is 9.88 Å². The van der Waals surface area contributed by atoms with Crippen molar-refractivity contribution in [3.05, 3.63) is 101 Å². The number of piperidine rings is 1. The van der Waals surface area contributed by atoms with Crippen molar-refractivity contribution < 1.29 is 18.0 Å². The number of fused-ring (bicyclic) bond motifs is 1. The van der Waals surface area contributed by atoms with Gasteiger partial charge in [0.25, 0.3) is 5.91 Å². The smallest absolute Gasteiger partial charge is 0.359 e. The lowest BCUT2D eigenvalue weighted by Gasteiger charge is -2.39. The SMILES string of the molecule is Cc1cc2cc(N(C(=O)c3cccc(C(F)(F)F)c3)C3CCN(Cc4ccccc4)CC3)ccc2[nH]1. The second-order valence-electron chi connectivity index (χ2n) is 9.47. The molecule has 1 fully saturated rings. The van der Waals surface area contributed by atoms with Gasteiger partial charge in [-0.1, -0.05) is 36.4 Å². The molecule has 1 amide bonds. The summed E-state index contributed by atoms with van der Waals surface area (Å²) in [7, 11) is 0. The van der Waals surface area contributed by atoms with Gasteiger partial charge in [-0.05, 0) is 67.8 Å². The number of benzene rings is 3. The minimum Gasteiger partial charge on any atom is -0.359 e. The van der Waals surface area contributed by atoms with Crippen molar-refractivity contribution in [2.75, 3.05) is 18.0 Å². The quantitative estimate of drug-likeness (QED) is 0.333. The molecule has 4 nitrogen and oxygen atoms in total. The maximum absolute atomic E-state index is 13.8. The molecule has 0 radical (unpaired) electrons. The number of nitrogens with zero attached hydrogens (tertiary/aromatic N) is 2. The molecule has 36 heavy (non-hydrogen) atoms. The predicted molar refractivity (Wildman–Crippen MR) is 136 cm³/mol. The fourth-order valence-corrected chi connectivity index (χ4v) is 5.05. The third-order valence-electron chi connectivity index (χ3n) is 6.84. The maximum Gasteiger partial charge on any atom is 0.416 e. The van der Waals surface area contributed by atoms with Crippen molar-refractivity contribution >= 4 is 22.5 Å². The van der Waals surface area contributed by atoms with Crippen LogP contribution in [0.25, 0.3) is 10.9 Å². The summed E-state index contributed by atoms with van der Waals surface area (Å²) in [5, 5.41) is 0.966. The zero-order valence-corrected chi connectivity index (χ0v) is 20.1. The molecule has 1 aromatic heterocycles. The molecule has 7 heteroatoms. The molecule has 1 aliphatic heterocycles. The Labute approximate surface area is 208 Å². The van der Waals surface area contributed by atoms with Gasteiger partial charge in [-0.25, -0.2) is 0 Å². The van der Waals surface area contributed by atoms with E-state index in [2.05, 4.69) is 22.0 Å². The Morgan fingerprint density at radius 2 is 1.72 bits per heavy atom. The third-order valence-corrected chi connectivity index (χ3v) is 6.84. The minimum absolute atomic E-state index is 0.0434. The average Bonchev–Trinajstić information content (AvgIpc) is 3.25. The Balaban J connectivity index is 1.44. The van der Waals surface area contributed by atoms with E-state index in [9.17, 15) is 18.0 Å². The first-order chi connectivity index (χ1) is 17.3. The lowest BCUT2D eigenvalue weighted by atomic mass is 9.99. The Morgan fingerprint density at radius 3 is 2.44 bits per heavy atom. The van der Waals surface area contributed by atoms with Gasteiger partial charge in [-0.15, -0.1) is 0 Å². The van der Waals surface area contributed by atoms with Crippen molar-refractivity contribution in [3.8, 4) is 0 Å². The van der Waals surface area contributed by atoms with Crippen LogP contribution in [0, 0.1) is 6.92 Å². The van der Waals surface area contributed by atoms with Gasteiger partial charge >= 0.3 is 6.18 Å². The lowest BCUT2D eigenvalue weighted by Crippen LogP contribution is -2.47. The van der Waals surface area contributed by atoms with Gasteiger partial charge < -0.3 is 9.88 Å². The van der Waals surface area contributed by atoms with Gasteiger partial charge in [0.2, 0.25) is 0 Å². The summed E-state index contributed by atoms with van der Waals surface area (Å²) < 4.78 is 40.1. The second-order valence-corrected chi connectivity index (χ2v) is 9.47. The number of H-pyrrole nitrogens is 1. The Hall–Kier alpha value is -3.58. The number of aryl methyl sites for hydroxylation is 1. The van der Waals surface area contributed by atoms with Gasteiger partial charge in [0.1, 0.15) is 0 Å². The number of aromatic nitrogens is 1. The molecule has 0 atom stereocenters. The van der Waals surface area contributed by atoms with Crippen molar-refractivity contribution in [2.24, 2.45) is 0 Å². The summed E-state index contributed by atoms with van der Waals surface area (Å²) in [6, 6.07) is 22.6. The number of carbonyl (C=O) groups is 1. The number of amides is 1. The van der Waals surface area contributed by atoms with Crippen LogP contribution in [0.15, 0.2) is 78.9 Å². The number of nitrogens with one attached hydrogen (secondary N) is 1. The van der Waals surface area contributed by atoms with E-state index in [1.165, 1.54) is 17.7 Å². The molecular formula is C29H28F3N3O. The van der Waals surface area contributed by atoms with Crippen molar-refractivity contribution in [1.29, 1.82) is 0 Å². The first-order valence-electron chi connectivity index (χ1n) is 12.1. The molecule has 0 unspecified atom stereocenters. The van der Waals surface area contributed by atoms with E-state index in [0.29, 0.717) is 5.69 Å². The highest BCUT2D eigenvalue weighted by Gasteiger charge is 2.33. The summed E-state index contributed by atoms with van der Waals surface area (Å²) in [5.41, 5.74) is 3.13. The van der Waals surface area contributed by atoms with E-state index in [1.807, 2.05) is 49.4 Å². The molecule has 1 aliphatic rings. The lowest BCUT2D eigenvalue weighted by molar-refractivity contribution is -0.137. The summed E-state index contributed by atoms with van der Waals surface area (Å²) in [6.07, 6.45) is -3.03. The summed E-state index contributed by atoms with van der Waals surface area (Å²) in [6.45, 7) is 4.41. The molecular weight excluding hydrogens is 463 g/mol. The number of hydrogen-bond donors (Lipinski definition) is 1. The maximum atomic E-state index is 13.8. The molecule has 0 aliphatic carbocycles. The minimum atomic E-state index is -4.51. The number of hydrogen-bond acceptors (Lipinski definition) is 2. The van der Waals surface area contributed by atoms with Crippen LogP contribution in [-0.2, 0) is 12.7 Å². The summed E-state index contributed by atoms with van der Waals surface area (Å²) in [5.74, 6) is -0.408. The van der Waals surface area contributed by atoms with E-state index in [4.69, 9.17) is 0 Å². The van der Waals surface area contributed by atoms with Crippen LogP contribution in [-0.4, -0.2) is 34.9 Å². The molecule has 0 bridgehead atoms. The van der Waals surface area contributed by atoms with Gasteiger partial charge in [-0.2, -0.15) is 13.2 Å². The van der Waals surface area contributed by atoms with Gasteiger partial charge in [0, 0.05) is 53.5 Å². The molecule has 5 rings (SSSR count). The largest absolute Gasteiger partial charge is 0.416 e. The molecule has 2 heterocycles. The van der Waals surface area contributed by atoms with Crippen LogP contribution in [0.1, 0.15) is 40.0 Å². The van der Waals surface area contributed by atoms with Crippen LogP contribution in [0.2, 0.25) is 0 Å². The molecule has 0 saturated carbocycles. The number of alkyl halides is 3. The highest BCUT2D eigenvalue weighted by molar-refractivity contribution is 6.07. The molecule has 3 aromatic carbocycles. The molecule has 186 valence electrons. The van der Waals surface area contributed by atoms with Crippen LogP contribution in [0.5, 0.6) is 0 Å². The average molecular weight is 492 g/mol. The molecule has 0 spiro atoms. The monoisotopic (exact) mass is 491 g/mol. The first-order valence-corrected chi connectivity index (χ1v) is 12.1. The Morgan fingerprint density at radius 1 is 0.972 bits per heavy atom. The zero-order chi connectivity index (χ0) is 25.3. The van der Waals surface area contributed by atoms with E-state index < -0.39 is 17.6 Å². The van der Waals surface area contributed by atoms with Gasteiger partial charge in [0.05, 0.1) is 5.56 Å². The predicted octanol–water partition coefficient (Wildman–Crippen LogP) is 6.81. The fraction of sp³-hybridized carbons (Fsp3) is 0.276. The van der Waals surface area contributed by atoms with Crippen molar-refractivity contribution in [3.63, 3.8) is 0 Å².